The van der Waals surface area contributed by atoms with Gasteiger partial charge in [0.2, 0.25) is 0 Å². The maximum absolute atomic E-state index is 12.0. The number of ether oxygens (including phenoxy) is 3. The minimum Gasteiger partial charge on any atom is -0.381 e. The second-order valence-electron chi connectivity index (χ2n) is 4.42. The highest BCUT2D eigenvalue weighted by atomic mass is 127. The summed E-state index contributed by atoms with van der Waals surface area (Å²) in [5.41, 5.74) is -0.0742. The Bertz CT molecular complexity index is 497. The van der Waals surface area contributed by atoms with Crippen LogP contribution in [0.25, 0.3) is 0 Å². The summed E-state index contributed by atoms with van der Waals surface area (Å²) in [6.45, 7) is 1.51. The van der Waals surface area contributed by atoms with Crippen LogP contribution in [0.2, 0.25) is 0 Å². The summed E-state index contributed by atoms with van der Waals surface area (Å²) >= 11 is 1.98. The molecule has 1 N–H and O–H groups in total. The molecule has 0 atom stereocenters. The molecule has 0 aliphatic carbocycles. The molecule has 1 saturated heterocycles. The lowest BCUT2D eigenvalue weighted by Crippen LogP contribution is -2.39. The molecular weight excluding hydrogens is 363 g/mol. The van der Waals surface area contributed by atoms with E-state index in [1.807, 2.05) is 22.6 Å². The number of hydrogen-bond donors (Lipinski definition) is 1. The van der Waals surface area contributed by atoms with Crippen LogP contribution in [-0.4, -0.2) is 37.4 Å². The molecule has 0 radical (unpaired) electrons. The van der Waals surface area contributed by atoms with Crippen LogP contribution in [0.1, 0.15) is 24.4 Å². The third-order valence-electron chi connectivity index (χ3n) is 3.34. The third-order valence-corrected chi connectivity index (χ3v) is 4.45. The molecule has 2 heterocycles. The smallest absolute Gasteiger partial charge is 0.264 e. The minimum absolute atomic E-state index is 0.152. The van der Waals surface area contributed by atoms with Crippen molar-refractivity contribution in [1.82, 2.24) is 9.97 Å². The molecule has 0 unspecified atom stereocenters. The fourth-order valence-corrected chi connectivity index (χ4v) is 2.60. The second kappa shape index (κ2) is 6.29. The van der Waals surface area contributed by atoms with E-state index >= 15 is 0 Å². The SMILES string of the molecule is COCc1nc(C2(OC)CCOCC2)[nH]c(=O)c1I. The third kappa shape index (κ3) is 2.99. The lowest BCUT2D eigenvalue weighted by molar-refractivity contribution is -0.100. The largest absolute Gasteiger partial charge is 0.381 e. The van der Waals surface area contributed by atoms with Gasteiger partial charge in [-0.2, -0.15) is 0 Å². The summed E-state index contributed by atoms with van der Waals surface area (Å²) in [7, 11) is 3.22. The van der Waals surface area contributed by atoms with Gasteiger partial charge in [0.05, 0.1) is 12.3 Å². The van der Waals surface area contributed by atoms with E-state index in [2.05, 4.69) is 9.97 Å². The molecule has 6 nitrogen and oxygen atoms in total. The van der Waals surface area contributed by atoms with Crippen molar-refractivity contribution in [1.29, 1.82) is 0 Å². The van der Waals surface area contributed by atoms with Crippen LogP contribution in [0, 0.1) is 3.57 Å². The van der Waals surface area contributed by atoms with Crippen LogP contribution in [0.5, 0.6) is 0 Å². The van der Waals surface area contributed by atoms with Crippen molar-refractivity contribution in [3.8, 4) is 0 Å². The lowest BCUT2D eigenvalue weighted by atomic mass is 9.93. The molecule has 0 aromatic carbocycles. The highest BCUT2D eigenvalue weighted by Gasteiger charge is 2.37. The van der Waals surface area contributed by atoms with Crippen LogP contribution in [0.3, 0.4) is 0 Å². The van der Waals surface area contributed by atoms with E-state index in [4.69, 9.17) is 14.2 Å². The average Bonchev–Trinajstić information content (AvgIpc) is 2.44. The second-order valence-corrected chi connectivity index (χ2v) is 5.50. The molecule has 1 aromatic rings. The van der Waals surface area contributed by atoms with Crippen molar-refractivity contribution in [2.75, 3.05) is 27.4 Å². The first kappa shape index (κ1) is 14.9. The molecular formula is C12H17IN2O4. The molecule has 2 rings (SSSR count). The van der Waals surface area contributed by atoms with Gasteiger partial charge in [-0.25, -0.2) is 4.98 Å². The van der Waals surface area contributed by atoms with Gasteiger partial charge in [0, 0.05) is 40.3 Å². The number of halogens is 1. The number of H-pyrrole nitrogens is 1. The first-order valence-electron chi connectivity index (χ1n) is 6.04. The zero-order valence-electron chi connectivity index (χ0n) is 11.0. The van der Waals surface area contributed by atoms with Gasteiger partial charge >= 0.3 is 0 Å². The Hall–Kier alpha value is -0.510. The van der Waals surface area contributed by atoms with Gasteiger partial charge in [-0.1, -0.05) is 0 Å². The Morgan fingerprint density at radius 1 is 1.42 bits per heavy atom. The van der Waals surface area contributed by atoms with E-state index in [0.717, 1.165) is 0 Å². The highest BCUT2D eigenvalue weighted by molar-refractivity contribution is 14.1. The molecule has 0 amide bonds. The van der Waals surface area contributed by atoms with E-state index in [-0.39, 0.29) is 5.56 Å². The predicted octanol–water partition coefficient (Wildman–Crippen LogP) is 1.17. The van der Waals surface area contributed by atoms with Crippen molar-refractivity contribution in [3.05, 3.63) is 25.4 Å². The van der Waals surface area contributed by atoms with Gasteiger partial charge in [-0.3, -0.25) is 4.79 Å². The fourth-order valence-electron chi connectivity index (χ4n) is 2.19. The van der Waals surface area contributed by atoms with Crippen LogP contribution < -0.4 is 5.56 Å². The number of rotatable bonds is 4. The lowest BCUT2D eigenvalue weighted by Gasteiger charge is -2.34. The number of nitrogens with zero attached hydrogens (tertiary/aromatic N) is 1. The highest BCUT2D eigenvalue weighted by Crippen LogP contribution is 2.33. The van der Waals surface area contributed by atoms with Gasteiger partial charge in [-0.15, -0.1) is 0 Å². The summed E-state index contributed by atoms with van der Waals surface area (Å²) in [6, 6.07) is 0. The summed E-state index contributed by atoms with van der Waals surface area (Å²) in [6.07, 6.45) is 1.36. The van der Waals surface area contributed by atoms with Gasteiger partial charge in [0.15, 0.2) is 0 Å². The number of nitrogens with one attached hydrogen (secondary N) is 1. The van der Waals surface area contributed by atoms with E-state index in [1.165, 1.54) is 0 Å². The normalized spacial score (nSPS) is 18.5. The van der Waals surface area contributed by atoms with Gasteiger partial charge in [0.1, 0.15) is 15.0 Å². The maximum atomic E-state index is 12.0. The maximum Gasteiger partial charge on any atom is 0.264 e. The Kier molecular flexibility index (Phi) is 4.93. The molecule has 7 heteroatoms. The molecule has 1 fully saturated rings. The minimum atomic E-state index is -0.565. The molecule has 1 aliphatic heterocycles. The first-order chi connectivity index (χ1) is 9.13. The zero-order valence-corrected chi connectivity index (χ0v) is 13.2. The Morgan fingerprint density at radius 3 is 2.68 bits per heavy atom. The van der Waals surface area contributed by atoms with E-state index < -0.39 is 5.60 Å². The predicted molar refractivity (Wildman–Crippen MR) is 77.0 cm³/mol. The average molecular weight is 380 g/mol. The molecule has 1 aliphatic rings. The zero-order chi connectivity index (χ0) is 13.9. The monoisotopic (exact) mass is 380 g/mol. The van der Waals surface area contributed by atoms with Gasteiger partial charge < -0.3 is 19.2 Å². The van der Waals surface area contributed by atoms with Crippen LogP contribution in [0.15, 0.2) is 4.79 Å². The van der Waals surface area contributed by atoms with E-state index in [0.29, 0.717) is 47.8 Å². The van der Waals surface area contributed by atoms with Crippen molar-refractivity contribution in [2.24, 2.45) is 0 Å². The van der Waals surface area contributed by atoms with Crippen molar-refractivity contribution in [3.63, 3.8) is 0 Å². The van der Waals surface area contributed by atoms with Crippen molar-refractivity contribution in [2.45, 2.75) is 25.0 Å². The molecule has 0 bridgehead atoms. The topological polar surface area (TPSA) is 73.4 Å². The quantitative estimate of drug-likeness (QED) is 0.795. The summed E-state index contributed by atoms with van der Waals surface area (Å²) in [5, 5.41) is 0. The van der Waals surface area contributed by atoms with Gasteiger partial charge in [0.25, 0.3) is 5.56 Å². The molecule has 106 valence electrons. The summed E-state index contributed by atoms with van der Waals surface area (Å²) < 4.78 is 16.6. The first-order valence-corrected chi connectivity index (χ1v) is 7.12. The standard InChI is InChI=1S/C12H17IN2O4/c1-17-7-8-9(13)10(16)15-11(14-8)12(18-2)3-5-19-6-4-12/h3-7H2,1-2H3,(H,14,15,16). The van der Waals surface area contributed by atoms with Crippen LogP contribution in [0.4, 0.5) is 0 Å². The Morgan fingerprint density at radius 2 is 2.11 bits per heavy atom. The Labute approximate surface area is 125 Å². The molecule has 0 spiro atoms. The number of aromatic nitrogens is 2. The van der Waals surface area contributed by atoms with Crippen molar-refractivity contribution < 1.29 is 14.2 Å². The van der Waals surface area contributed by atoms with Crippen LogP contribution >= 0.6 is 22.6 Å². The Balaban J connectivity index is 2.45. The van der Waals surface area contributed by atoms with E-state index in [9.17, 15) is 4.79 Å². The van der Waals surface area contributed by atoms with Crippen LogP contribution in [-0.2, 0) is 26.4 Å². The summed E-state index contributed by atoms with van der Waals surface area (Å²) in [4.78, 5) is 19.3. The number of aromatic amines is 1. The van der Waals surface area contributed by atoms with Gasteiger partial charge in [-0.05, 0) is 22.6 Å². The summed E-state index contributed by atoms with van der Waals surface area (Å²) in [5.74, 6) is 0.566. The van der Waals surface area contributed by atoms with Crippen molar-refractivity contribution >= 4 is 22.6 Å². The molecule has 1 aromatic heterocycles. The fraction of sp³-hybridized carbons (Fsp3) is 0.667. The molecule has 0 saturated carbocycles. The number of methoxy groups -OCH3 is 2. The van der Waals surface area contributed by atoms with E-state index in [1.54, 1.807) is 14.2 Å². The number of hydrogen-bond acceptors (Lipinski definition) is 5. The molecule has 19 heavy (non-hydrogen) atoms.